The Morgan fingerprint density at radius 1 is 1.00 bits per heavy atom. The lowest BCUT2D eigenvalue weighted by Gasteiger charge is -2.31. The molecule has 0 radical (unpaired) electrons. The number of hydrogen-bond donors (Lipinski definition) is 1. The molecule has 5 nitrogen and oxygen atoms in total. The topological polar surface area (TPSA) is 64.6 Å². The van der Waals surface area contributed by atoms with Crippen molar-refractivity contribution < 1.29 is 19.1 Å². The summed E-state index contributed by atoms with van der Waals surface area (Å²) in [5, 5.41) is 3.26. The number of ketones is 1. The number of anilines is 1. The first-order valence-electron chi connectivity index (χ1n) is 10.5. The zero-order chi connectivity index (χ0) is 21.3. The van der Waals surface area contributed by atoms with Crippen LogP contribution in [0.2, 0.25) is 5.02 Å². The third-order valence-electron chi connectivity index (χ3n) is 5.82. The van der Waals surface area contributed by atoms with Crippen LogP contribution in [0.15, 0.2) is 30.3 Å². The Bertz CT molecular complexity index is 979. The van der Waals surface area contributed by atoms with Crippen LogP contribution in [0.5, 0.6) is 11.5 Å². The third kappa shape index (κ3) is 4.46. The summed E-state index contributed by atoms with van der Waals surface area (Å²) in [4.78, 5) is 24.5. The molecule has 30 heavy (non-hydrogen) atoms. The minimum atomic E-state index is -0.291. The molecule has 1 N–H and O–H groups in total. The highest BCUT2D eigenvalue weighted by Crippen LogP contribution is 2.41. The van der Waals surface area contributed by atoms with Crippen molar-refractivity contribution in [1.29, 1.82) is 0 Å². The van der Waals surface area contributed by atoms with Gasteiger partial charge in [0, 0.05) is 16.8 Å². The molecule has 1 amide bonds. The zero-order valence-corrected chi connectivity index (χ0v) is 18.1. The monoisotopic (exact) mass is 427 g/mol. The molecule has 4 rings (SSSR count). The van der Waals surface area contributed by atoms with Gasteiger partial charge >= 0.3 is 0 Å². The molecule has 0 aliphatic heterocycles. The molecule has 2 saturated carbocycles. The van der Waals surface area contributed by atoms with Gasteiger partial charge in [0.2, 0.25) is 0 Å². The Kier molecular flexibility index (Phi) is 6.00. The van der Waals surface area contributed by atoms with E-state index in [9.17, 15) is 9.59 Å². The van der Waals surface area contributed by atoms with E-state index < -0.39 is 0 Å². The molecular formula is C24H26ClNO4. The molecule has 0 aromatic heterocycles. The van der Waals surface area contributed by atoms with Gasteiger partial charge in [0.15, 0.2) is 17.3 Å². The maximum atomic E-state index is 12.9. The Balaban J connectivity index is 1.57. The fourth-order valence-corrected chi connectivity index (χ4v) is 3.82. The molecule has 2 aliphatic carbocycles. The summed E-state index contributed by atoms with van der Waals surface area (Å²) in [5.74, 6) is 0.774. The lowest BCUT2D eigenvalue weighted by molar-refractivity contribution is 0.0903. The first kappa shape index (κ1) is 20.7. The highest BCUT2D eigenvalue weighted by Gasteiger charge is 2.27. The SMILES string of the molecule is CC(=O)c1ccc(NC(=O)c2cc(Cl)c(OC3CCC3)c(OC3CCC3)c2)cc1C. The first-order chi connectivity index (χ1) is 14.4. The van der Waals surface area contributed by atoms with Gasteiger partial charge in [0.1, 0.15) is 0 Å². The Hall–Kier alpha value is -2.53. The van der Waals surface area contributed by atoms with Gasteiger partial charge in [-0.2, -0.15) is 0 Å². The van der Waals surface area contributed by atoms with Crippen LogP contribution in [0.4, 0.5) is 5.69 Å². The second kappa shape index (κ2) is 8.68. The van der Waals surface area contributed by atoms with E-state index in [-0.39, 0.29) is 23.9 Å². The second-order valence-electron chi connectivity index (χ2n) is 8.17. The van der Waals surface area contributed by atoms with E-state index in [0.717, 1.165) is 44.1 Å². The fourth-order valence-electron chi connectivity index (χ4n) is 3.56. The number of hydrogen-bond acceptors (Lipinski definition) is 4. The summed E-state index contributed by atoms with van der Waals surface area (Å²) in [6.07, 6.45) is 6.63. The Labute approximate surface area is 181 Å². The highest BCUT2D eigenvalue weighted by atomic mass is 35.5. The number of halogens is 1. The molecule has 0 heterocycles. The maximum Gasteiger partial charge on any atom is 0.255 e. The summed E-state index contributed by atoms with van der Waals surface area (Å²) >= 11 is 6.51. The van der Waals surface area contributed by atoms with Crippen molar-refractivity contribution in [2.45, 2.75) is 64.6 Å². The number of carbonyl (C=O) groups is 2. The number of carbonyl (C=O) groups excluding carboxylic acids is 2. The van der Waals surface area contributed by atoms with Gasteiger partial charge in [-0.05, 0) is 88.3 Å². The quantitative estimate of drug-likeness (QED) is 0.553. The van der Waals surface area contributed by atoms with E-state index in [1.54, 1.807) is 30.3 Å². The molecule has 2 fully saturated rings. The lowest BCUT2D eigenvalue weighted by atomic mass is 9.95. The van der Waals surface area contributed by atoms with Crippen molar-refractivity contribution in [3.05, 3.63) is 52.0 Å². The van der Waals surface area contributed by atoms with Crippen molar-refractivity contribution in [3.8, 4) is 11.5 Å². The molecule has 2 aliphatic rings. The van der Waals surface area contributed by atoms with Crippen LogP contribution in [-0.4, -0.2) is 23.9 Å². The predicted molar refractivity (Wildman–Crippen MR) is 117 cm³/mol. The van der Waals surface area contributed by atoms with Crippen molar-refractivity contribution in [2.24, 2.45) is 0 Å². The van der Waals surface area contributed by atoms with Crippen LogP contribution >= 0.6 is 11.6 Å². The molecule has 0 bridgehead atoms. The average Bonchev–Trinajstić information content (AvgIpc) is 2.61. The van der Waals surface area contributed by atoms with Gasteiger partial charge < -0.3 is 14.8 Å². The summed E-state index contributed by atoms with van der Waals surface area (Å²) < 4.78 is 12.2. The van der Waals surface area contributed by atoms with Gasteiger partial charge in [0.05, 0.1) is 17.2 Å². The van der Waals surface area contributed by atoms with Crippen LogP contribution in [-0.2, 0) is 0 Å². The molecule has 6 heteroatoms. The molecule has 0 saturated heterocycles. The van der Waals surface area contributed by atoms with Crippen LogP contribution in [0.1, 0.15) is 71.7 Å². The van der Waals surface area contributed by atoms with E-state index in [1.807, 2.05) is 6.92 Å². The van der Waals surface area contributed by atoms with E-state index in [1.165, 1.54) is 6.92 Å². The molecule has 0 atom stereocenters. The molecule has 158 valence electrons. The number of benzene rings is 2. The third-order valence-corrected chi connectivity index (χ3v) is 6.10. The smallest absolute Gasteiger partial charge is 0.255 e. The van der Waals surface area contributed by atoms with E-state index >= 15 is 0 Å². The fraction of sp³-hybridized carbons (Fsp3) is 0.417. The minimum Gasteiger partial charge on any atom is -0.486 e. The summed E-state index contributed by atoms with van der Waals surface area (Å²) in [5.41, 5.74) is 2.49. The average molecular weight is 428 g/mol. The van der Waals surface area contributed by atoms with E-state index in [2.05, 4.69) is 5.32 Å². The molecule has 2 aromatic rings. The largest absolute Gasteiger partial charge is 0.486 e. The summed E-state index contributed by atoms with van der Waals surface area (Å²) in [7, 11) is 0. The van der Waals surface area contributed by atoms with E-state index in [4.69, 9.17) is 21.1 Å². The molecular weight excluding hydrogens is 402 g/mol. The maximum absolute atomic E-state index is 12.9. The van der Waals surface area contributed by atoms with Crippen molar-refractivity contribution >= 4 is 29.0 Å². The molecule has 0 spiro atoms. The lowest BCUT2D eigenvalue weighted by Crippen LogP contribution is -2.27. The number of amides is 1. The van der Waals surface area contributed by atoms with Crippen LogP contribution in [0.25, 0.3) is 0 Å². The van der Waals surface area contributed by atoms with Gasteiger partial charge in [-0.1, -0.05) is 11.6 Å². The van der Waals surface area contributed by atoms with Crippen LogP contribution < -0.4 is 14.8 Å². The Morgan fingerprint density at radius 3 is 2.23 bits per heavy atom. The van der Waals surface area contributed by atoms with E-state index in [0.29, 0.717) is 33.3 Å². The van der Waals surface area contributed by atoms with Gasteiger partial charge in [-0.3, -0.25) is 9.59 Å². The van der Waals surface area contributed by atoms with Gasteiger partial charge in [-0.25, -0.2) is 0 Å². The Morgan fingerprint density at radius 2 is 1.67 bits per heavy atom. The van der Waals surface area contributed by atoms with Crippen molar-refractivity contribution in [3.63, 3.8) is 0 Å². The number of Topliss-reactive ketones (excluding diaryl/α,β-unsaturated/α-hetero) is 1. The second-order valence-corrected chi connectivity index (χ2v) is 8.57. The zero-order valence-electron chi connectivity index (χ0n) is 17.3. The number of aryl methyl sites for hydroxylation is 1. The number of ether oxygens (including phenoxy) is 2. The highest BCUT2D eigenvalue weighted by molar-refractivity contribution is 6.32. The van der Waals surface area contributed by atoms with Crippen molar-refractivity contribution in [1.82, 2.24) is 0 Å². The normalized spacial score (nSPS) is 16.4. The standard InChI is InChI=1S/C24H26ClNO4/c1-14-11-17(9-10-20(14)15(2)27)26-24(28)16-12-21(25)23(30-19-7-4-8-19)22(13-16)29-18-5-3-6-18/h9-13,18-19H,3-8H2,1-2H3,(H,26,28). The van der Waals surface area contributed by atoms with Gasteiger partial charge in [0.25, 0.3) is 5.91 Å². The summed E-state index contributed by atoms with van der Waals surface area (Å²) in [6.45, 7) is 3.37. The van der Waals surface area contributed by atoms with Crippen LogP contribution in [0, 0.1) is 6.92 Å². The number of rotatable bonds is 7. The van der Waals surface area contributed by atoms with Crippen LogP contribution in [0.3, 0.4) is 0 Å². The predicted octanol–water partition coefficient (Wildman–Crippen LogP) is 5.97. The number of nitrogens with one attached hydrogen (secondary N) is 1. The summed E-state index contributed by atoms with van der Waals surface area (Å²) in [6, 6.07) is 8.57. The van der Waals surface area contributed by atoms with Crippen molar-refractivity contribution in [2.75, 3.05) is 5.32 Å². The first-order valence-corrected chi connectivity index (χ1v) is 10.9. The minimum absolute atomic E-state index is 0.00278. The molecule has 2 aromatic carbocycles. The van der Waals surface area contributed by atoms with Gasteiger partial charge in [-0.15, -0.1) is 0 Å². The molecule has 0 unspecified atom stereocenters.